The third-order valence-corrected chi connectivity index (χ3v) is 3.13. The van der Waals surface area contributed by atoms with Crippen LogP contribution in [-0.2, 0) is 6.18 Å². The Balaban J connectivity index is 2.89. The van der Waals surface area contributed by atoms with E-state index in [0.717, 1.165) is 30.7 Å². The molecule has 0 aromatic carbocycles. The van der Waals surface area contributed by atoms with E-state index in [9.17, 15) is 13.2 Å². The van der Waals surface area contributed by atoms with E-state index in [0.29, 0.717) is 5.03 Å². The van der Waals surface area contributed by atoms with Gasteiger partial charge < -0.3 is 5.32 Å². The van der Waals surface area contributed by atoms with Gasteiger partial charge >= 0.3 is 6.18 Å². The minimum Gasteiger partial charge on any atom is -0.373 e. The Bertz CT molecular complexity index is 366. The van der Waals surface area contributed by atoms with Crippen LogP contribution in [0.25, 0.3) is 0 Å². The minimum absolute atomic E-state index is 0.249. The van der Waals surface area contributed by atoms with Gasteiger partial charge in [-0.2, -0.15) is 13.2 Å². The average Bonchev–Trinajstić information content (AvgIpc) is 2.28. The fraction of sp³-hybridized carbons (Fsp3) is 0.545. The Labute approximate surface area is 103 Å². The van der Waals surface area contributed by atoms with E-state index >= 15 is 0 Å². The molecule has 1 N–H and O–H groups in total. The first-order valence-electron chi connectivity index (χ1n) is 5.37. The van der Waals surface area contributed by atoms with E-state index < -0.39 is 11.7 Å². The predicted octanol–water partition coefficient (Wildman–Crippen LogP) is 4.03. The lowest BCUT2D eigenvalue weighted by molar-refractivity contribution is -0.137. The number of aromatic nitrogens is 1. The van der Waals surface area contributed by atoms with Crippen LogP contribution in [0.3, 0.4) is 0 Å². The summed E-state index contributed by atoms with van der Waals surface area (Å²) in [5.41, 5.74) is -0.657. The number of rotatable bonds is 5. The van der Waals surface area contributed by atoms with Crippen LogP contribution in [-0.4, -0.2) is 17.8 Å². The van der Waals surface area contributed by atoms with Crippen molar-refractivity contribution in [1.29, 1.82) is 0 Å². The normalized spacial score (nSPS) is 11.6. The molecule has 0 atom stereocenters. The van der Waals surface area contributed by atoms with Gasteiger partial charge in [-0.1, -0.05) is 13.3 Å². The highest BCUT2D eigenvalue weighted by atomic mass is 32.2. The SMILES string of the molecule is CCCCSc1cc(C(F)(F)F)cc(NC)n1. The minimum atomic E-state index is -4.32. The van der Waals surface area contributed by atoms with E-state index in [4.69, 9.17) is 0 Å². The third-order valence-electron chi connectivity index (χ3n) is 2.13. The first kappa shape index (κ1) is 14.2. The highest BCUT2D eigenvalue weighted by molar-refractivity contribution is 7.99. The lowest BCUT2D eigenvalue weighted by Gasteiger charge is -2.10. The zero-order valence-corrected chi connectivity index (χ0v) is 10.6. The van der Waals surface area contributed by atoms with Crippen LogP contribution < -0.4 is 5.32 Å². The smallest absolute Gasteiger partial charge is 0.373 e. The quantitative estimate of drug-likeness (QED) is 0.642. The number of thioether (sulfide) groups is 1. The maximum Gasteiger partial charge on any atom is 0.416 e. The number of nitrogens with zero attached hydrogens (tertiary/aromatic N) is 1. The summed E-state index contributed by atoms with van der Waals surface area (Å²) in [4.78, 5) is 4.09. The maximum absolute atomic E-state index is 12.6. The Kier molecular flexibility index (Phi) is 5.11. The van der Waals surface area contributed by atoms with Crippen molar-refractivity contribution >= 4 is 17.6 Å². The van der Waals surface area contributed by atoms with Gasteiger partial charge in [0, 0.05) is 7.05 Å². The summed E-state index contributed by atoms with van der Waals surface area (Å²) in [7, 11) is 1.56. The molecule has 0 amide bonds. The van der Waals surface area contributed by atoms with Gasteiger partial charge in [0.05, 0.1) is 10.6 Å². The summed E-state index contributed by atoms with van der Waals surface area (Å²) in [6.07, 6.45) is -2.34. The standard InChI is InChI=1S/C11H15F3N2S/c1-3-4-5-17-10-7-8(11(12,13)14)6-9(15-2)16-10/h6-7H,3-5H2,1-2H3,(H,15,16). The first-order valence-corrected chi connectivity index (χ1v) is 6.35. The zero-order chi connectivity index (χ0) is 12.9. The number of anilines is 1. The van der Waals surface area contributed by atoms with Crippen LogP contribution in [0.5, 0.6) is 0 Å². The van der Waals surface area contributed by atoms with Gasteiger partial charge in [0.1, 0.15) is 5.82 Å². The molecule has 0 unspecified atom stereocenters. The van der Waals surface area contributed by atoms with Crippen LogP contribution in [0.1, 0.15) is 25.3 Å². The highest BCUT2D eigenvalue weighted by Crippen LogP contribution is 2.33. The molecule has 0 aliphatic heterocycles. The number of alkyl halides is 3. The van der Waals surface area contributed by atoms with Crippen LogP contribution in [0.2, 0.25) is 0 Å². The molecule has 0 radical (unpaired) electrons. The van der Waals surface area contributed by atoms with E-state index in [1.807, 2.05) is 6.92 Å². The zero-order valence-electron chi connectivity index (χ0n) is 9.77. The number of halogens is 3. The molecule has 1 heterocycles. The summed E-state index contributed by atoms with van der Waals surface area (Å²) in [6.45, 7) is 2.04. The number of pyridine rings is 1. The molecule has 96 valence electrons. The van der Waals surface area contributed by atoms with Crippen LogP contribution in [0.15, 0.2) is 17.2 Å². The summed E-state index contributed by atoms with van der Waals surface area (Å²) in [5.74, 6) is 1.03. The molecule has 0 aliphatic rings. The van der Waals surface area contributed by atoms with Crippen molar-refractivity contribution in [1.82, 2.24) is 4.98 Å². The first-order chi connectivity index (χ1) is 7.97. The molecule has 2 nitrogen and oxygen atoms in total. The van der Waals surface area contributed by atoms with E-state index in [1.165, 1.54) is 11.8 Å². The molecule has 1 rings (SSSR count). The van der Waals surface area contributed by atoms with Gasteiger partial charge in [0.2, 0.25) is 0 Å². The molecular formula is C11H15F3N2S. The van der Waals surface area contributed by atoms with Crippen LogP contribution in [0, 0.1) is 0 Å². The third kappa shape index (κ3) is 4.46. The summed E-state index contributed by atoms with van der Waals surface area (Å²) in [6, 6.07) is 2.12. The van der Waals surface area contributed by atoms with E-state index in [2.05, 4.69) is 10.3 Å². The molecule has 0 fully saturated rings. The van der Waals surface area contributed by atoms with Gasteiger partial charge in [0.25, 0.3) is 0 Å². The Morgan fingerprint density at radius 3 is 2.59 bits per heavy atom. The van der Waals surface area contributed by atoms with Crippen LogP contribution in [0.4, 0.5) is 19.0 Å². The van der Waals surface area contributed by atoms with Crippen molar-refractivity contribution in [3.63, 3.8) is 0 Å². The van der Waals surface area contributed by atoms with Crippen molar-refractivity contribution in [3.05, 3.63) is 17.7 Å². The van der Waals surface area contributed by atoms with Crippen molar-refractivity contribution < 1.29 is 13.2 Å². The molecule has 6 heteroatoms. The maximum atomic E-state index is 12.6. The molecule has 0 saturated carbocycles. The topological polar surface area (TPSA) is 24.9 Å². The number of hydrogen-bond donors (Lipinski definition) is 1. The van der Waals surface area contributed by atoms with Gasteiger partial charge in [-0.25, -0.2) is 4.98 Å². The van der Waals surface area contributed by atoms with E-state index in [1.54, 1.807) is 7.05 Å². The fourth-order valence-corrected chi connectivity index (χ4v) is 2.21. The molecular weight excluding hydrogens is 249 g/mol. The monoisotopic (exact) mass is 264 g/mol. The van der Waals surface area contributed by atoms with Crippen molar-refractivity contribution in [3.8, 4) is 0 Å². The molecule has 0 aliphatic carbocycles. The Hall–Kier alpha value is -0.910. The number of unbranched alkanes of at least 4 members (excludes halogenated alkanes) is 1. The van der Waals surface area contributed by atoms with Gasteiger partial charge in [-0.15, -0.1) is 11.8 Å². The Morgan fingerprint density at radius 1 is 1.35 bits per heavy atom. The molecule has 0 bridgehead atoms. The fourth-order valence-electron chi connectivity index (χ4n) is 1.19. The molecule has 1 aromatic rings. The molecule has 17 heavy (non-hydrogen) atoms. The predicted molar refractivity (Wildman–Crippen MR) is 64.4 cm³/mol. The second-order valence-corrected chi connectivity index (χ2v) is 4.64. The molecule has 1 aromatic heterocycles. The van der Waals surface area contributed by atoms with Gasteiger partial charge in [0.15, 0.2) is 0 Å². The summed E-state index contributed by atoms with van der Waals surface area (Å²) in [5, 5.41) is 3.06. The largest absolute Gasteiger partial charge is 0.416 e. The Morgan fingerprint density at radius 2 is 2.06 bits per heavy atom. The highest BCUT2D eigenvalue weighted by Gasteiger charge is 2.31. The second kappa shape index (κ2) is 6.14. The van der Waals surface area contributed by atoms with Gasteiger partial charge in [-0.3, -0.25) is 0 Å². The van der Waals surface area contributed by atoms with Crippen molar-refractivity contribution in [2.75, 3.05) is 18.1 Å². The molecule has 0 saturated heterocycles. The van der Waals surface area contributed by atoms with Crippen molar-refractivity contribution in [2.24, 2.45) is 0 Å². The second-order valence-electron chi connectivity index (χ2n) is 3.53. The lowest BCUT2D eigenvalue weighted by Crippen LogP contribution is -2.07. The van der Waals surface area contributed by atoms with Crippen LogP contribution >= 0.6 is 11.8 Å². The van der Waals surface area contributed by atoms with Gasteiger partial charge in [-0.05, 0) is 24.3 Å². The molecule has 0 spiro atoms. The van der Waals surface area contributed by atoms with Crippen molar-refractivity contribution in [2.45, 2.75) is 31.0 Å². The number of nitrogens with one attached hydrogen (secondary N) is 1. The average molecular weight is 264 g/mol. The summed E-state index contributed by atoms with van der Waals surface area (Å²) < 4.78 is 37.8. The summed E-state index contributed by atoms with van der Waals surface area (Å²) >= 11 is 1.35. The number of hydrogen-bond acceptors (Lipinski definition) is 3. The lowest BCUT2D eigenvalue weighted by atomic mass is 10.2. The van der Waals surface area contributed by atoms with E-state index in [-0.39, 0.29) is 5.82 Å².